The molecule has 0 radical (unpaired) electrons. The van der Waals surface area contributed by atoms with Gasteiger partial charge in [-0.1, -0.05) is 48.5 Å². The highest BCUT2D eigenvalue weighted by Gasteiger charge is 2.20. The first kappa shape index (κ1) is 11.6. The quantitative estimate of drug-likeness (QED) is 0.867. The van der Waals surface area contributed by atoms with E-state index in [1.165, 1.54) is 5.56 Å². The Kier molecular flexibility index (Phi) is 3.99. The first-order valence-corrected chi connectivity index (χ1v) is 5.97. The molecule has 0 amide bonds. The lowest BCUT2D eigenvalue weighted by molar-refractivity contribution is 0.218. The molecule has 0 saturated carbocycles. The average molecular weight is 237 g/mol. The summed E-state index contributed by atoms with van der Waals surface area (Å²) in [6.07, 6.45) is 0. The molecule has 1 N–H and O–H groups in total. The van der Waals surface area contributed by atoms with Crippen LogP contribution < -0.4 is 5.32 Å². The van der Waals surface area contributed by atoms with Crippen LogP contribution >= 0.6 is 11.6 Å². The summed E-state index contributed by atoms with van der Waals surface area (Å²) in [6.45, 7) is 7.57. The van der Waals surface area contributed by atoms with E-state index in [2.05, 4.69) is 41.1 Å². The van der Waals surface area contributed by atoms with E-state index < -0.39 is 0 Å². The van der Waals surface area contributed by atoms with Crippen molar-refractivity contribution < 1.29 is 0 Å². The standard InChI is InChI=1S/C13H17ClN2/c1-11(14)9-16-8-7-15-13(10-16)12-5-3-2-4-6-12/h2-6,13,15H,1,7-10H2. The van der Waals surface area contributed by atoms with Crippen LogP contribution in [0.25, 0.3) is 0 Å². The average Bonchev–Trinajstić information content (AvgIpc) is 2.30. The highest BCUT2D eigenvalue weighted by Crippen LogP contribution is 2.17. The van der Waals surface area contributed by atoms with Crippen molar-refractivity contribution >= 4 is 11.6 Å². The number of benzene rings is 1. The van der Waals surface area contributed by atoms with Crippen molar-refractivity contribution in [1.29, 1.82) is 0 Å². The minimum atomic E-state index is 0.408. The highest BCUT2D eigenvalue weighted by molar-refractivity contribution is 6.29. The molecule has 3 heteroatoms. The van der Waals surface area contributed by atoms with Gasteiger partial charge in [-0.25, -0.2) is 0 Å². The van der Waals surface area contributed by atoms with Crippen LogP contribution in [0.5, 0.6) is 0 Å². The molecule has 1 fully saturated rings. The number of hydrogen-bond donors (Lipinski definition) is 1. The Balaban J connectivity index is 1.99. The summed E-state index contributed by atoms with van der Waals surface area (Å²) in [4.78, 5) is 2.34. The Morgan fingerprint density at radius 2 is 2.19 bits per heavy atom. The molecule has 1 aromatic rings. The van der Waals surface area contributed by atoms with Crippen LogP contribution in [0.15, 0.2) is 41.9 Å². The second-order valence-corrected chi connectivity index (χ2v) is 4.70. The van der Waals surface area contributed by atoms with Crippen molar-refractivity contribution in [3.8, 4) is 0 Å². The van der Waals surface area contributed by atoms with Crippen LogP contribution in [0.1, 0.15) is 11.6 Å². The Morgan fingerprint density at radius 1 is 1.44 bits per heavy atom. The topological polar surface area (TPSA) is 15.3 Å². The summed E-state index contributed by atoms with van der Waals surface area (Å²) in [5, 5.41) is 4.24. The van der Waals surface area contributed by atoms with Crippen LogP contribution in [-0.4, -0.2) is 31.1 Å². The van der Waals surface area contributed by atoms with Gasteiger partial charge in [-0.3, -0.25) is 4.90 Å². The van der Waals surface area contributed by atoms with Gasteiger partial charge in [-0.05, 0) is 5.56 Å². The molecule has 1 aliphatic rings. The molecule has 1 saturated heterocycles. The molecule has 0 spiro atoms. The monoisotopic (exact) mass is 236 g/mol. The summed E-state index contributed by atoms with van der Waals surface area (Å²) in [7, 11) is 0. The number of halogens is 1. The first-order valence-electron chi connectivity index (χ1n) is 5.59. The third-order valence-electron chi connectivity index (χ3n) is 2.86. The van der Waals surface area contributed by atoms with Gasteiger partial charge in [0.2, 0.25) is 0 Å². The van der Waals surface area contributed by atoms with Crippen molar-refractivity contribution in [2.24, 2.45) is 0 Å². The van der Waals surface area contributed by atoms with E-state index in [1.54, 1.807) is 0 Å². The third kappa shape index (κ3) is 3.08. The molecule has 0 aliphatic carbocycles. The number of nitrogens with zero attached hydrogens (tertiary/aromatic N) is 1. The van der Waals surface area contributed by atoms with Crippen LogP contribution in [-0.2, 0) is 0 Å². The predicted molar refractivity (Wildman–Crippen MR) is 68.6 cm³/mol. The zero-order chi connectivity index (χ0) is 11.4. The van der Waals surface area contributed by atoms with Crippen molar-refractivity contribution in [3.63, 3.8) is 0 Å². The van der Waals surface area contributed by atoms with Crippen molar-refractivity contribution in [2.75, 3.05) is 26.2 Å². The molecule has 86 valence electrons. The molecule has 2 nitrogen and oxygen atoms in total. The van der Waals surface area contributed by atoms with Gasteiger partial charge in [-0.2, -0.15) is 0 Å². The van der Waals surface area contributed by atoms with E-state index in [1.807, 2.05) is 6.07 Å². The summed E-state index contributed by atoms with van der Waals surface area (Å²) >= 11 is 5.85. The predicted octanol–water partition coefficient (Wildman–Crippen LogP) is 2.39. The Labute approximate surface area is 102 Å². The van der Waals surface area contributed by atoms with Gasteiger partial charge in [0, 0.05) is 37.3 Å². The third-order valence-corrected chi connectivity index (χ3v) is 2.98. The van der Waals surface area contributed by atoms with Crippen LogP contribution in [0.3, 0.4) is 0 Å². The smallest absolute Gasteiger partial charge is 0.0449 e. The molecule has 1 aromatic carbocycles. The van der Waals surface area contributed by atoms with Gasteiger partial charge in [0.15, 0.2) is 0 Å². The van der Waals surface area contributed by atoms with Gasteiger partial charge in [0.05, 0.1) is 0 Å². The summed E-state index contributed by atoms with van der Waals surface area (Å²) in [5.41, 5.74) is 1.34. The maximum Gasteiger partial charge on any atom is 0.0449 e. The number of rotatable bonds is 3. The highest BCUT2D eigenvalue weighted by atomic mass is 35.5. The molecule has 1 heterocycles. The van der Waals surface area contributed by atoms with Crippen molar-refractivity contribution in [1.82, 2.24) is 10.2 Å². The van der Waals surface area contributed by atoms with Crippen LogP contribution in [0.4, 0.5) is 0 Å². The molecular weight excluding hydrogens is 220 g/mol. The Morgan fingerprint density at radius 3 is 2.88 bits per heavy atom. The second-order valence-electron chi connectivity index (χ2n) is 4.17. The molecule has 2 rings (SSSR count). The Bertz CT molecular complexity index is 350. The zero-order valence-corrected chi connectivity index (χ0v) is 10.1. The molecule has 1 unspecified atom stereocenters. The normalized spacial score (nSPS) is 21.9. The molecular formula is C13H17ClN2. The summed E-state index contributed by atoms with van der Waals surface area (Å²) in [6, 6.07) is 10.9. The van der Waals surface area contributed by atoms with E-state index >= 15 is 0 Å². The second kappa shape index (κ2) is 5.48. The maximum absolute atomic E-state index is 5.85. The van der Waals surface area contributed by atoms with Gasteiger partial charge in [-0.15, -0.1) is 0 Å². The Hall–Kier alpha value is -0.830. The minimum Gasteiger partial charge on any atom is -0.308 e. The molecule has 16 heavy (non-hydrogen) atoms. The lowest BCUT2D eigenvalue weighted by atomic mass is 10.0. The molecule has 1 atom stereocenters. The zero-order valence-electron chi connectivity index (χ0n) is 9.32. The lowest BCUT2D eigenvalue weighted by Crippen LogP contribution is -2.46. The minimum absolute atomic E-state index is 0.408. The van der Waals surface area contributed by atoms with Gasteiger partial charge >= 0.3 is 0 Å². The van der Waals surface area contributed by atoms with Crippen LogP contribution in [0, 0.1) is 0 Å². The van der Waals surface area contributed by atoms with Crippen molar-refractivity contribution in [2.45, 2.75) is 6.04 Å². The first-order chi connectivity index (χ1) is 7.75. The van der Waals surface area contributed by atoms with E-state index in [9.17, 15) is 0 Å². The SMILES string of the molecule is C=C(Cl)CN1CCNC(c2ccccc2)C1. The largest absolute Gasteiger partial charge is 0.308 e. The molecule has 0 bridgehead atoms. The van der Waals surface area contributed by atoms with E-state index in [0.29, 0.717) is 11.1 Å². The number of piperazine rings is 1. The van der Waals surface area contributed by atoms with Gasteiger partial charge in [0.1, 0.15) is 0 Å². The van der Waals surface area contributed by atoms with Gasteiger partial charge in [0.25, 0.3) is 0 Å². The fraction of sp³-hybridized carbons (Fsp3) is 0.385. The summed E-state index contributed by atoms with van der Waals surface area (Å²) in [5.74, 6) is 0. The molecule has 0 aromatic heterocycles. The van der Waals surface area contributed by atoms with E-state index in [4.69, 9.17) is 11.6 Å². The molecule has 1 aliphatic heterocycles. The fourth-order valence-electron chi connectivity index (χ4n) is 2.11. The van der Waals surface area contributed by atoms with E-state index in [0.717, 1.165) is 26.2 Å². The maximum atomic E-state index is 5.85. The fourth-order valence-corrected chi connectivity index (χ4v) is 2.27. The van der Waals surface area contributed by atoms with Crippen molar-refractivity contribution in [3.05, 3.63) is 47.5 Å². The van der Waals surface area contributed by atoms with Gasteiger partial charge < -0.3 is 5.32 Å². The van der Waals surface area contributed by atoms with E-state index in [-0.39, 0.29) is 0 Å². The van der Waals surface area contributed by atoms with Crippen LogP contribution in [0.2, 0.25) is 0 Å². The summed E-state index contributed by atoms with van der Waals surface area (Å²) < 4.78 is 0. The number of hydrogen-bond acceptors (Lipinski definition) is 2. The lowest BCUT2D eigenvalue weighted by Gasteiger charge is -2.33. The number of nitrogens with one attached hydrogen (secondary N) is 1.